The van der Waals surface area contributed by atoms with Crippen LogP contribution in [0.4, 0.5) is 0 Å². The predicted molar refractivity (Wildman–Crippen MR) is 35.3 cm³/mol. The van der Waals surface area contributed by atoms with Crippen LogP contribution in [0.25, 0.3) is 0 Å². The molecule has 1 aliphatic rings. The molecule has 1 aliphatic heterocycles. The van der Waals surface area contributed by atoms with Gasteiger partial charge in [-0.15, -0.1) is 0 Å². The minimum atomic E-state index is -0.295. The zero-order chi connectivity index (χ0) is 7.56. The topological polar surface area (TPSA) is 46.5 Å². The molecule has 0 aromatic carbocycles. The maximum absolute atomic E-state index is 10.6. The highest BCUT2D eigenvalue weighted by Crippen LogP contribution is 2.16. The summed E-state index contributed by atoms with van der Waals surface area (Å²) in [7, 11) is 0. The van der Waals surface area contributed by atoms with E-state index in [9.17, 15) is 4.79 Å². The van der Waals surface area contributed by atoms with Gasteiger partial charge in [0, 0.05) is 19.1 Å². The molecule has 3 heteroatoms. The number of rotatable bonds is 2. The molecular formula is C7H10O3. The van der Waals surface area contributed by atoms with Crippen molar-refractivity contribution in [3.8, 4) is 0 Å². The van der Waals surface area contributed by atoms with Gasteiger partial charge in [-0.05, 0) is 12.5 Å². The van der Waals surface area contributed by atoms with Gasteiger partial charge in [-0.25, -0.2) is 4.79 Å². The maximum atomic E-state index is 10.6. The minimum absolute atomic E-state index is 0.0587. The summed E-state index contributed by atoms with van der Waals surface area (Å²) in [6.07, 6.45) is 1.78. The number of carbonyl (C=O) groups excluding carboxylic acids is 1. The molecule has 1 heterocycles. The molecule has 0 saturated carbocycles. The zero-order valence-corrected chi connectivity index (χ0v) is 5.83. The Kier molecular flexibility index (Phi) is 2.06. The van der Waals surface area contributed by atoms with E-state index in [1.165, 1.54) is 6.08 Å². The van der Waals surface area contributed by atoms with E-state index in [0.717, 1.165) is 5.57 Å². The van der Waals surface area contributed by atoms with Crippen molar-refractivity contribution in [1.29, 1.82) is 0 Å². The van der Waals surface area contributed by atoms with E-state index in [1.54, 1.807) is 0 Å². The van der Waals surface area contributed by atoms with Gasteiger partial charge < -0.3 is 9.84 Å². The van der Waals surface area contributed by atoms with E-state index in [4.69, 9.17) is 9.84 Å². The van der Waals surface area contributed by atoms with Crippen LogP contribution in [0, 0.1) is 0 Å². The Balaban J connectivity index is 2.51. The standard InChI is InChI=1S/C7H10O3/c1-5-4-7(9)10-6(5)2-3-8/h4,6,8H,2-3H2,1H3. The largest absolute Gasteiger partial charge is 0.455 e. The van der Waals surface area contributed by atoms with Crippen molar-refractivity contribution in [2.24, 2.45) is 0 Å². The fourth-order valence-corrected chi connectivity index (χ4v) is 0.950. The number of ether oxygens (including phenoxy) is 1. The predicted octanol–water partition coefficient (Wildman–Crippen LogP) is 0.240. The van der Waals surface area contributed by atoms with E-state index in [2.05, 4.69) is 0 Å². The third kappa shape index (κ3) is 1.36. The second-order valence-corrected chi connectivity index (χ2v) is 2.33. The molecule has 56 valence electrons. The fraction of sp³-hybridized carbons (Fsp3) is 0.571. The highest BCUT2D eigenvalue weighted by atomic mass is 16.5. The van der Waals surface area contributed by atoms with Crippen LogP contribution < -0.4 is 0 Å². The number of hydrogen-bond donors (Lipinski definition) is 1. The van der Waals surface area contributed by atoms with Crippen LogP contribution in [0.5, 0.6) is 0 Å². The van der Waals surface area contributed by atoms with Crippen molar-refractivity contribution in [2.45, 2.75) is 19.4 Å². The molecule has 0 amide bonds. The summed E-state index contributed by atoms with van der Waals surface area (Å²) in [5, 5.41) is 8.51. The molecule has 0 fully saturated rings. The summed E-state index contributed by atoms with van der Waals surface area (Å²) >= 11 is 0. The maximum Gasteiger partial charge on any atom is 0.331 e. The van der Waals surface area contributed by atoms with Crippen LogP contribution in [-0.4, -0.2) is 23.8 Å². The molecule has 10 heavy (non-hydrogen) atoms. The minimum Gasteiger partial charge on any atom is -0.455 e. The number of aliphatic hydroxyl groups is 1. The van der Waals surface area contributed by atoms with E-state index < -0.39 is 0 Å². The monoisotopic (exact) mass is 142 g/mol. The van der Waals surface area contributed by atoms with Gasteiger partial charge in [0.2, 0.25) is 0 Å². The molecule has 0 radical (unpaired) electrons. The van der Waals surface area contributed by atoms with Crippen LogP contribution in [-0.2, 0) is 9.53 Å². The van der Waals surface area contributed by atoms with Gasteiger partial charge in [-0.3, -0.25) is 0 Å². The molecule has 0 aromatic rings. The molecule has 0 bridgehead atoms. The molecular weight excluding hydrogens is 132 g/mol. The summed E-state index contributed by atoms with van der Waals surface area (Å²) in [4.78, 5) is 10.6. The van der Waals surface area contributed by atoms with Crippen LogP contribution in [0.3, 0.4) is 0 Å². The molecule has 0 spiro atoms. The van der Waals surface area contributed by atoms with Crippen molar-refractivity contribution >= 4 is 5.97 Å². The second-order valence-electron chi connectivity index (χ2n) is 2.33. The normalized spacial score (nSPS) is 24.4. The van der Waals surface area contributed by atoms with Gasteiger partial charge in [0.1, 0.15) is 6.10 Å². The van der Waals surface area contributed by atoms with Crippen molar-refractivity contribution < 1.29 is 14.6 Å². The van der Waals surface area contributed by atoms with Gasteiger partial charge in [0.05, 0.1) is 0 Å². The number of esters is 1. The van der Waals surface area contributed by atoms with E-state index >= 15 is 0 Å². The van der Waals surface area contributed by atoms with E-state index in [0.29, 0.717) is 6.42 Å². The summed E-state index contributed by atoms with van der Waals surface area (Å²) in [5.41, 5.74) is 0.902. The molecule has 1 atom stereocenters. The van der Waals surface area contributed by atoms with Gasteiger partial charge >= 0.3 is 5.97 Å². The van der Waals surface area contributed by atoms with Crippen LogP contribution in [0.2, 0.25) is 0 Å². The summed E-state index contributed by atoms with van der Waals surface area (Å²) in [6, 6.07) is 0. The summed E-state index contributed by atoms with van der Waals surface area (Å²) in [6.45, 7) is 1.88. The first-order valence-corrected chi connectivity index (χ1v) is 3.23. The molecule has 0 aromatic heterocycles. The van der Waals surface area contributed by atoms with Crippen molar-refractivity contribution in [2.75, 3.05) is 6.61 Å². The first kappa shape index (κ1) is 7.28. The van der Waals surface area contributed by atoms with Gasteiger partial charge in [-0.1, -0.05) is 0 Å². The second kappa shape index (κ2) is 2.84. The highest BCUT2D eigenvalue weighted by molar-refractivity contribution is 5.85. The quantitative estimate of drug-likeness (QED) is 0.562. The lowest BCUT2D eigenvalue weighted by molar-refractivity contribution is -0.139. The summed E-state index contributed by atoms with van der Waals surface area (Å²) < 4.78 is 4.82. The molecule has 1 unspecified atom stereocenters. The Morgan fingerprint density at radius 3 is 2.90 bits per heavy atom. The van der Waals surface area contributed by atoms with Crippen molar-refractivity contribution in [1.82, 2.24) is 0 Å². The first-order chi connectivity index (χ1) is 4.74. The molecule has 1 rings (SSSR count). The molecule has 0 saturated heterocycles. The average Bonchev–Trinajstić information content (AvgIpc) is 2.13. The lowest BCUT2D eigenvalue weighted by atomic mass is 10.1. The lowest BCUT2D eigenvalue weighted by Crippen LogP contribution is -2.11. The first-order valence-electron chi connectivity index (χ1n) is 3.23. The molecule has 1 N–H and O–H groups in total. The SMILES string of the molecule is CC1=CC(=O)OC1CCO. The van der Waals surface area contributed by atoms with Gasteiger partial charge in [-0.2, -0.15) is 0 Å². The zero-order valence-electron chi connectivity index (χ0n) is 5.83. The number of cyclic esters (lactones) is 1. The number of aliphatic hydroxyl groups excluding tert-OH is 1. The summed E-state index contributed by atoms with van der Waals surface area (Å²) in [5.74, 6) is -0.295. The Bertz CT molecular complexity index is 172. The van der Waals surface area contributed by atoms with Crippen molar-refractivity contribution in [3.05, 3.63) is 11.6 Å². The van der Waals surface area contributed by atoms with Crippen LogP contribution in [0.15, 0.2) is 11.6 Å². The van der Waals surface area contributed by atoms with E-state index in [-0.39, 0.29) is 18.7 Å². The lowest BCUT2D eigenvalue weighted by Gasteiger charge is -2.08. The van der Waals surface area contributed by atoms with Crippen LogP contribution >= 0.6 is 0 Å². The van der Waals surface area contributed by atoms with Gasteiger partial charge in [0.15, 0.2) is 0 Å². The Morgan fingerprint density at radius 1 is 1.80 bits per heavy atom. The number of hydrogen-bond acceptors (Lipinski definition) is 3. The van der Waals surface area contributed by atoms with E-state index in [1.807, 2.05) is 6.92 Å². The molecule has 0 aliphatic carbocycles. The third-order valence-corrected chi connectivity index (χ3v) is 1.50. The van der Waals surface area contributed by atoms with Gasteiger partial charge in [0.25, 0.3) is 0 Å². The fourth-order valence-electron chi connectivity index (χ4n) is 0.950. The average molecular weight is 142 g/mol. The van der Waals surface area contributed by atoms with Crippen molar-refractivity contribution in [3.63, 3.8) is 0 Å². The highest BCUT2D eigenvalue weighted by Gasteiger charge is 2.21. The smallest absolute Gasteiger partial charge is 0.331 e. The Hall–Kier alpha value is -0.830. The molecule has 3 nitrogen and oxygen atoms in total. The third-order valence-electron chi connectivity index (χ3n) is 1.50. The Morgan fingerprint density at radius 2 is 2.50 bits per heavy atom. The number of carbonyl (C=O) groups is 1. The van der Waals surface area contributed by atoms with Crippen LogP contribution in [0.1, 0.15) is 13.3 Å². The Labute approximate surface area is 59.3 Å².